The molecule has 56 valence electrons. The van der Waals surface area contributed by atoms with Crippen molar-refractivity contribution in [2.24, 2.45) is 11.1 Å². The van der Waals surface area contributed by atoms with Gasteiger partial charge in [-0.1, -0.05) is 26.0 Å². The molecule has 1 aliphatic carbocycles. The van der Waals surface area contributed by atoms with Gasteiger partial charge in [0.25, 0.3) is 0 Å². The SMILES string of the molecule is CCC1(C)C=CC(N)=CC1. The Kier molecular flexibility index (Phi) is 1.84. The van der Waals surface area contributed by atoms with E-state index in [-0.39, 0.29) is 0 Å². The lowest BCUT2D eigenvalue weighted by molar-refractivity contribution is 0.411. The van der Waals surface area contributed by atoms with Gasteiger partial charge in [-0.3, -0.25) is 0 Å². The molecule has 0 aromatic carbocycles. The average Bonchev–Trinajstić information content (AvgIpc) is 1.96. The molecule has 0 bridgehead atoms. The highest BCUT2D eigenvalue weighted by Crippen LogP contribution is 2.31. The van der Waals surface area contributed by atoms with Gasteiger partial charge in [0.2, 0.25) is 0 Å². The summed E-state index contributed by atoms with van der Waals surface area (Å²) >= 11 is 0. The molecule has 0 radical (unpaired) electrons. The van der Waals surface area contributed by atoms with Crippen LogP contribution in [0.25, 0.3) is 0 Å². The summed E-state index contributed by atoms with van der Waals surface area (Å²) in [4.78, 5) is 0. The molecule has 0 fully saturated rings. The molecule has 0 saturated carbocycles. The van der Waals surface area contributed by atoms with Gasteiger partial charge >= 0.3 is 0 Å². The Morgan fingerprint density at radius 2 is 2.40 bits per heavy atom. The highest BCUT2D eigenvalue weighted by atomic mass is 14.6. The normalized spacial score (nSPS) is 32.0. The Labute approximate surface area is 62.6 Å². The lowest BCUT2D eigenvalue weighted by Gasteiger charge is -2.25. The molecule has 0 aromatic rings. The maximum Gasteiger partial charge on any atom is 0.0270 e. The standard InChI is InChI=1S/C9H15N/c1-3-9(2)6-4-8(10)5-7-9/h4-6H,3,7,10H2,1-2H3. The highest BCUT2D eigenvalue weighted by Gasteiger charge is 2.18. The van der Waals surface area contributed by atoms with Crippen molar-refractivity contribution in [3.63, 3.8) is 0 Å². The van der Waals surface area contributed by atoms with Crippen LogP contribution in [0.1, 0.15) is 26.7 Å². The van der Waals surface area contributed by atoms with Gasteiger partial charge in [-0.25, -0.2) is 0 Å². The van der Waals surface area contributed by atoms with Crippen LogP contribution in [-0.2, 0) is 0 Å². The van der Waals surface area contributed by atoms with Crippen molar-refractivity contribution in [3.8, 4) is 0 Å². The number of hydrogen-bond donors (Lipinski definition) is 1. The zero-order valence-electron chi connectivity index (χ0n) is 6.72. The molecule has 1 nitrogen and oxygen atoms in total. The van der Waals surface area contributed by atoms with Gasteiger partial charge in [0, 0.05) is 5.70 Å². The molecule has 0 heterocycles. The van der Waals surface area contributed by atoms with E-state index in [1.165, 1.54) is 6.42 Å². The van der Waals surface area contributed by atoms with E-state index in [4.69, 9.17) is 5.73 Å². The van der Waals surface area contributed by atoms with E-state index < -0.39 is 0 Å². The summed E-state index contributed by atoms with van der Waals surface area (Å²) in [7, 11) is 0. The molecular formula is C9H15N. The zero-order valence-corrected chi connectivity index (χ0v) is 6.72. The molecule has 1 rings (SSSR count). The largest absolute Gasteiger partial charge is 0.399 e. The van der Waals surface area contributed by atoms with E-state index in [0.717, 1.165) is 12.1 Å². The number of nitrogens with two attached hydrogens (primary N) is 1. The summed E-state index contributed by atoms with van der Waals surface area (Å²) in [6.07, 6.45) is 8.60. The maximum atomic E-state index is 5.58. The van der Waals surface area contributed by atoms with Crippen LogP contribution >= 0.6 is 0 Å². The molecule has 0 aliphatic heterocycles. The first-order valence-corrected chi connectivity index (χ1v) is 3.81. The number of hydrogen-bond acceptors (Lipinski definition) is 1. The summed E-state index contributed by atoms with van der Waals surface area (Å²) < 4.78 is 0. The van der Waals surface area contributed by atoms with E-state index in [9.17, 15) is 0 Å². The second kappa shape index (κ2) is 2.49. The van der Waals surface area contributed by atoms with Gasteiger partial charge in [-0.2, -0.15) is 0 Å². The molecule has 1 heteroatoms. The number of allylic oxidation sites excluding steroid dienone is 3. The van der Waals surface area contributed by atoms with Gasteiger partial charge in [-0.05, 0) is 24.3 Å². The second-order valence-electron chi connectivity index (χ2n) is 3.25. The second-order valence-corrected chi connectivity index (χ2v) is 3.25. The summed E-state index contributed by atoms with van der Waals surface area (Å²) in [5.74, 6) is 0. The third kappa shape index (κ3) is 1.41. The fourth-order valence-corrected chi connectivity index (χ4v) is 1.05. The Hall–Kier alpha value is -0.720. The topological polar surface area (TPSA) is 26.0 Å². The van der Waals surface area contributed by atoms with Crippen LogP contribution in [0, 0.1) is 5.41 Å². The van der Waals surface area contributed by atoms with Crippen LogP contribution < -0.4 is 5.73 Å². The third-order valence-corrected chi connectivity index (χ3v) is 2.29. The van der Waals surface area contributed by atoms with Gasteiger partial charge in [0.1, 0.15) is 0 Å². The van der Waals surface area contributed by atoms with Crippen molar-refractivity contribution in [2.45, 2.75) is 26.7 Å². The monoisotopic (exact) mass is 137 g/mol. The molecule has 1 unspecified atom stereocenters. The van der Waals surface area contributed by atoms with E-state index in [1.54, 1.807) is 0 Å². The minimum Gasteiger partial charge on any atom is -0.399 e. The Morgan fingerprint density at radius 1 is 1.70 bits per heavy atom. The van der Waals surface area contributed by atoms with Gasteiger partial charge in [0.15, 0.2) is 0 Å². The molecule has 0 aromatic heterocycles. The van der Waals surface area contributed by atoms with Crippen molar-refractivity contribution in [1.82, 2.24) is 0 Å². The summed E-state index contributed by atoms with van der Waals surface area (Å²) in [5.41, 5.74) is 6.86. The molecule has 0 saturated heterocycles. The van der Waals surface area contributed by atoms with Crippen molar-refractivity contribution in [2.75, 3.05) is 0 Å². The van der Waals surface area contributed by atoms with Crippen LogP contribution in [0.5, 0.6) is 0 Å². The lowest BCUT2D eigenvalue weighted by atomic mass is 9.81. The van der Waals surface area contributed by atoms with Crippen molar-refractivity contribution >= 4 is 0 Å². The quantitative estimate of drug-likeness (QED) is 0.589. The van der Waals surface area contributed by atoms with Crippen molar-refractivity contribution < 1.29 is 0 Å². The summed E-state index contributed by atoms with van der Waals surface area (Å²) in [5, 5.41) is 0. The minimum absolute atomic E-state index is 0.364. The Morgan fingerprint density at radius 3 is 2.80 bits per heavy atom. The predicted molar refractivity (Wildman–Crippen MR) is 44.4 cm³/mol. The lowest BCUT2D eigenvalue weighted by Crippen LogP contribution is -2.14. The first kappa shape index (κ1) is 7.39. The van der Waals surface area contributed by atoms with Gasteiger partial charge < -0.3 is 5.73 Å². The van der Waals surface area contributed by atoms with E-state index >= 15 is 0 Å². The maximum absolute atomic E-state index is 5.58. The van der Waals surface area contributed by atoms with E-state index in [2.05, 4.69) is 26.0 Å². The molecular weight excluding hydrogens is 122 g/mol. The van der Waals surface area contributed by atoms with Crippen LogP contribution in [0.15, 0.2) is 23.9 Å². The summed E-state index contributed by atoms with van der Waals surface area (Å²) in [6.45, 7) is 4.46. The average molecular weight is 137 g/mol. The predicted octanol–water partition coefficient (Wildman–Crippen LogP) is 2.21. The third-order valence-electron chi connectivity index (χ3n) is 2.29. The number of rotatable bonds is 1. The Balaban J connectivity index is 2.67. The van der Waals surface area contributed by atoms with Crippen LogP contribution in [0.3, 0.4) is 0 Å². The highest BCUT2D eigenvalue weighted by molar-refractivity contribution is 5.23. The molecule has 0 spiro atoms. The van der Waals surface area contributed by atoms with E-state index in [0.29, 0.717) is 5.41 Å². The molecule has 0 amide bonds. The Bertz CT molecular complexity index is 179. The van der Waals surface area contributed by atoms with Crippen molar-refractivity contribution in [1.29, 1.82) is 0 Å². The molecule has 10 heavy (non-hydrogen) atoms. The first-order chi connectivity index (χ1) is 4.66. The summed E-state index contributed by atoms with van der Waals surface area (Å²) in [6, 6.07) is 0. The molecule has 2 N–H and O–H groups in total. The van der Waals surface area contributed by atoms with Crippen LogP contribution in [-0.4, -0.2) is 0 Å². The molecule has 1 atom stereocenters. The van der Waals surface area contributed by atoms with Gasteiger partial charge in [0.05, 0.1) is 0 Å². The van der Waals surface area contributed by atoms with Crippen LogP contribution in [0.4, 0.5) is 0 Å². The van der Waals surface area contributed by atoms with Gasteiger partial charge in [-0.15, -0.1) is 0 Å². The van der Waals surface area contributed by atoms with E-state index in [1.807, 2.05) is 6.08 Å². The molecule has 1 aliphatic rings. The minimum atomic E-state index is 0.364. The zero-order chi connectivity index (χ0) is 7.61. The fraction of sp³-hybridized carbons (Fsp3) is 0.556. The smallest absolute Gasteiger partial charge is 0.0270 e. The van der Waals surface area contributed by atoms with Crippen molar-refractivity contribution in [3.05, 3.63) is 23.9 Å². The first-order valence-electron chi connectivity index (χ1n) is 3.81. The fourth-order valence-electron chi connectivity index (χ4n) is 1.05. The van der Waals surface area contributed by atoms with Crippen LogP contribution in [0.2, 0.25) is 0 Å².